The second-order valence-corrected chi connectivity index (χ2v) is 4.60. The Balaban J connectivity index is 2.39. The quantitative estimate of drug-likeness (QED) is 0.624. The molecule has 0 fully saturated rings. The van der Waals surface area contributed by atoms with Crippen molar-refractivity contribution in [1.82, 2.24) is 0 Å². The van der Waals surface area contributed by atoms with Gasteiger partial charge in [0.25, 0.3) is 0 Å². The fourth-order valence-corrected chi connectivity index (χ4v) is 2.41. The molecule has 1 aromatic rings. The number of rotatable bonds is 4. The third-order valence-electron chi connectivity index (χ3n) is 1.63. The summed E-state index contributed by atoms with van der Waals surface area (Å²) in [6.07, 6.45) is 0.447. The van der Waals surface area contributed by atoms with Crippen LogP contribution in [0.5, 0.6) is 0 Å². The van der Waals surface area contributed by atoms with Gasteiger partial charge in [0, 0.05) is 15.1 Å². The first-order chi connectivity index (χ1) is 6.74. The maximum absolute atomic E-state index is 10.8. The van der Waals surface area contributed by atoms with Gasteiger partial charge in [-0.3, -0.25) is 4.79 Å². The molecule has 0 spiro atoms. The van der Waals surface area contributed by atoms with Crippen molar-refractivity contribution in [2.75, 3.05) is 12.9 Å². The molecule has 0 aliphatic rings. The van der Waals surface area contributed by atoms with Crippen LogP contribution < -0.4 is 0 Å². The summed E-state index contributed by atoms with van der Waals surface area (Å²) in [5.74, 6) is 0.583. The third kappa shape index (κ3) is 3.72. The Morgan fingerprint density at radius 3 is 2.86 bits per heavy atom. The van der Waals surface area contributed by atoms with E-state index >= 15 is 0 Å². The molecule has 76 valence electrons. The van der Waals surface area contributed by atoms with E-state index in [2.05, 4.69) is 20.7 Å². The minimum absolute atomic E-state index is 0.162. The van der Waals surface area contributed by atoms with Crippen LogP contribution in [-0.4, -0.2) is 18.8 Å². The Morgan fingerprint density at radius 1 is 1.50 bits per heavy atom. The van der Waals surface area contributed by atoms with Gasteiger partial charge in [-0.1, -0.05) is 12.1 Å². The molecular weight excluding hydrogens is 264 g/mol. The molecule has 0 saturated carbocycles. The van der Waals surface area contributed by atoms with E-state index in [1.54, 1.807) is 11.8 Å². The van der Waals surface area contributed by atoms with Gasteiger partial charge in [0.05, 0.1) is 13.5 Å². The number of hydrogen-bond donors (Lipinski definition) is 0. The van der Waals surface area contributed by atoms with Crippen molar-refractivity contribution in [2.45, 2.75) is 11.3 Å². The molecule has 4 heteroatoms. The molecule has 14 heavy (non-hydrogen) atoms. The molecule has 0 N–H and O–H groups in total. The van der Waals surface area contributed by atoms with Gasteiger partial charge in [-0.2, -0.15) is 0 Å². The number of carbonyl (C=O) groups excluding carboxylic acids is 1. The average Bonchev–Trinajstić information content (AvgIpc) is 2.20. The van der Waals surface area contributed by atoms with Crippen molar-refractivity contribution < 1.29 is 9.53 Å². The third-order valence-corrected chi connectivity index (χ3v) is 3.66. The van der Waals surface area contributed by atoms with E-state index in [1.807, 2.05) is 24.3 Å². The van der Waals surface area contributed by atoms with Crippen molar-refractivity contribution in [3.63, 3.8) is 0 Å². The van der Waals surface area contributed by atoms with Crippen LogP contribution in [0.15, 0.2) is 33.6 Å². The summed E-state index contributed by atoms with van der Waals surface area (Å²) in [7, 11) is 1.41. The van der Waals surface area contributed by atoms with Crippen LogP contribution in [0.4, 0.5) is 0 Å². The van der Waals surface area contributed by atoms with Crippen LogP contribution >= 0.6 is 27.7 Å². The summed E-state index contributed by atoms with van der Waals surface area (Å²) in [6.45, 7) is 0. The highest BCUT2D eigenvalue weighted by Crippen LogP contribution is 2.27. The molecule has 1 rings (SSSR count). The maximum atomic E-state index is 10.8. The molecule has 0 amide bonds. The number of methoxy groups -OCH3 is 1. The average molecular weight is 275 g/mol. The van der Waals surface area contributed by atoms with Crippen molar-refractivity contribution in [3.8, 4) is 0 Å². The van der Waals surface area contributed by atoms with E-state index in [0.29, 0.717) is 6.42 Å². The first kappa shape index (κ1) is 11.6. The van der Waals surface area contributed by atoms with E-state index in [4.69, 9.17) is 0 Å². The zero-order valence-corrected chi connectivity index (χ0v) is 10.2. The second kappa shape index (κ2) is 6.09. The van der Waals surface area contributed by atoms with Crippen molar-refractivity contribution >= 4 is 33.7 Å². The number of carbonyl (C=O) groups is 1. The highest BCUT2D eigenvalue weighted by molar-refractivity contribution is 9.10. The lowest BCUT2D eigenvalue weighted by Crippen LogP contribution is -2.00. The molecule has 0 aromatic heterocycles. The van der Waals surface area contributed by atoms with Crippen LogP contribution in [0, 0.1) is 0 Å². The smallest absolute Gasteiger partial charge is 0.306 e. The van der Waals surface area contributed by atoms with Crippen LogP contribution in [0.25, 0.3) is 0 Å². The van der Waals surface area contributed by atoms with Gasteiger partial charge in [0.15, 0.2) is 0 Å². The fraction of sp³-hybridized carbons (Fsp3) is 0.300. The number of hydrogen-bond acceptors (Lipinski definition) is 3. The molecule has 1 aromatic carbocycles. The molecule has 0 heterocycles. The monoisotopic (exact) mass is 274 g/mol. The van der Waals surface area contributed by atoms with Crippen molar-refractivity contribution in [1.29, 1.82) is 0 Å². The van der Waals surface area contributed by atoms with E-state index in [0.717, 1.165) is 15.1 Å². The minimum atomic E-state index is -0.162. The van der Waals surface area contributed by atoms with Gasteiger partial charge >= 0.3 is 5.97 Å². The van der Waals surface area contributed by atoms with Gasteiger partial charge in [-0.25, -0.2) is 0 Å². The predicted molar refractivity (Wildman–Crippen MR) is 61.5 cm³/mol. The molecule has 0 saturated heterocycles. The van der Waals surface area contributed by atoms with Gasteiger partial charge in [0.2, 0.25) is 0 Å². The molecule has 0 atom stereocenters. The topological polar surface area (TPSA) is 26.3 Å². The lowest BCUT2D eigenvalue weighted by Gasteiger charge is -2.02. The zero-order valence-electron chi connectivity index (χ0n) is 7.83. The van der Waals surface area contributed by atoms with Gasteiger partial charge < -0.3 is 4.74 Å². The molecular formula is C10H11BrO2S. The molecule has 0 unspecified atom stereocenters. The maximum Gasteiger partial charge on any atom is 0.306 e. The number of benzene rings is 1. The van der Waals surface area contributed by atoms with Crippen LogP contribution in [0.2, 0.25) is 0 Å². The number of thioether (sulfide) groups is 1. The molecule has 0 aliphatic carbocycles. The number of ether oxygens (including phenoxy) is 1. The summed E-state index contributed by atoms with van der Waals surface area (Å²) in [6, 6.07) is 7.95. The Labute approximate surface area is 96.2 Å². The molecule has 0 bridgehead atoms. The van der Waals surface area contributed by atoms with E-state index in [1.165, 1.54) is 7.11 Å². The summed E-state index contributed by atoms with van der Waals surface area (Å²) in [5.41, 5.74) is 0. The second-order valence-electron chi connectivity index (χ2n) is 2.61. The van der Waals surface area contributed by atoms with Crippen LogP contribution in [0.1, 0.15) is 6.42 Å². The normalized spacial score (nSPS) is 9.86. The van der Waals surface area contributed by atoms with Crippen molar-refractivity contribution in [3.05, 3.63) is 28.7 Å². The minimum Gasteiger partial charge on any atom is -0.469 e. The lowest BCUT2D eigenvalue weighted by molar-refractivity contribution is -0.140. The zero-order chi connectivity index (χ0) is 10.4. The predicted octanol–water partition coefficient (Wildman–Crippen LogP) is 3.10. The SMILES string of the molecule is COC(=O)CCSc1ccccc1Br. The summed E-state index contributed by atoms with van der Waals surface area (Å²) in [5, 5.41) is 0. The Hall–Kier alpha value is -0.480. The summed E-state index contributed by atoms with van der Waals surface area (Å²) < 4.78 is 5.62. The van der Waals surface area contributed by atoms with E-state index < -0.39 is 0 Å². The van der Waals surface area contributed by atoms with E-state index in [-0.39, 0.29) is 5.97 Å². The molecule has 0 aliphatic heterocycles. The van der Waals surface area contributed by atoms with Crippen LogP contribution in [0.3, 0.4) is 0 Å². The fourth-order valence-electron chi connectivity index (χ4n) is 0.908. The first-order valence-corrected chi connectivity index (χ1v) is 5.96. The van der Waals surface area contributed by atoms with Gasteiger partial charge in [-0.15, -0.1) is 11.8 Å². The number of esters is 1. The summed E-state index contributed by atoms with van der Waals surface area (Å²) in [4.78, 5) is 12.0. The molecule has 0 radical (unpaired) electrons. The Morgan fingerprint density at radius 2 is 2.21 bits per heavy atom. The van der Waals surface area contributed by atoms with Crippen molar-refractivity contribution in [2.24, 2.45) is 0 Å². The highest BCUT2D eigenvalue weighted by atomic mass is 79.9. The Bertz CT molecular complexity index is 315. The standard InChI is InChI=1S/C10H11BrO2S/c1-13-10(12)6-7-14-9-5-3-2-4-8(9)11/h2-5H,6-7H2,1H3. The largest absolute Gasteiger partial charge is 0.469 e. The summed E-state index contributed by atoms with van der Waals surface area (Å²) >= 11 is 5.09. The molecule has 2 nitrogen and oxygen atoms in total. The van der Waals surface area contributed by atoms with E-state index in [9.17, 15) is 4.79 Å². The number of halogens is 1. The van der Waals surface area contributed by atoms with Gasteiger partial charge in [-0.05, 0) is 28.1 Å². The lowest BCUT2D eigenvalue weighted by atomic mass is 10.4. The Kier molecular flexibility index (Phi) is 5.04. The van der Waals surface area contributed by atoms with Gasteiger partial charge in [0.1, 0.15) is 0 Å². The first-order valence-electron chi connectivity index (χ1n) is 4.18. The highest BCUT2D eigenvalue weighted by Gasteiger charge is 2.02. The van der Waals surface area contributed by atoms with Crippen LogP contribution in [-0.2, 0) is 9.53 Å².